The van der Waals surface area contributed by atoms with Gasteiger partial charge in [0.1, 0.15) is 0 Å². The third-order valence-electron chi connectivity index (χ3n) is 0.940. The summed E-state index contributed by atoms with van der Waals surface area (Å²) >= 11 is 4.14. The molecule has 0 fully saturated rings. The van der Waals surface area contributed by atoms with Gasteiger partial charge in [0, 0.05) is 0 Å². The molecule has 1 aromatic carbocycles. The summed E-state index contributed by atoms with van der Waals surface area (Å²) < 4.78 is 0. The lowest BCUT2D eigenvalue weighted by Crippen LogP contribution is -1.62. The van der Waals surface area contributed by atoms with Crippen LogP contribution in [0.4, 0.5) is 0 Å². The van der Waals surface area contributed by atoms with E-state index in [1.54, 1.807) is 0 Å². The van der Waals surface area contributed by atoms with Gasteiger partial charge in [-0.05, 0) is 6.92 Å². The molecule has 0 saturated heterocycles. The molecule has 0 unspecified atom stereocenters. The van der Waals surface area contributed by atoms with E-state index in [9.17, 15) is 0 Å². The van der Waals surface area contributed by atoms with Gasteiger partial charge in [0.25, 0.3) is 0 Å². The van der Waals surface area contributed by atoms with Crippen molar-refractivity contribution in [3.63, 3.8) is 0 Å². The van der Waals surface area contributed by atoms with E-state index in [0.29, 0.717) is 0 Å². The molecule has 46 valence electrons. The minimum Gasteiger partial charge on any atom is -0.214 e. The fourth-order valence-electron chi connectivity index (χ4n) is 0.534. The molecule has 2 heteroatoms. The molecule has 1 rings (SSSR count). The predicted molar refractivity (Wildman–Crippen MR) is 42.8 cm³/mol. The Hall–Kier alpha value is -0.425. The van der Waals surface area contributed by atoms with Gasteiger partial charge in [-0.2, -0.15) is 0 Å². The zero-order valence-corrected chi connectivity index (χ0v) is 6.10. The maximum absolute atomic E-state index is 4.14. The van der Waals surface area contributed by atoms with Crippen molar-refractivity contribution in [2.75, 3.05) is 0 Å². The summed E-state index contributed by atoms with van der Waals surface area (Å²) in [7, 11) is 3.97. The van der Waals surface area contributed by atoms with Crippen molar-refractivity contribution in [1.29, 1.82) is 0 Å². The van der Waals surface area contributed by atoms with E-state index < -0.39 is 0 Å². The lowest BCUT2D eigenvalue weighted by atomic mass is 10.2. The van der Waals surface area contributed by atoms with Crippen molar-refractivity contribution in [2.45, 2.75) is 6.92 Å². The average molecular weight is 138 g/mol. The van der Waals surface area contributed by atoms with Gasteiger partial charge in [-0.25, -0.2) is 11.5 Å². The zero-order valence-electron chi connectivity index (χ0n) is 5.34. The second kappa shape index (κ2) is 5.71. The second-order valence-electron chi connectivity index (χ2n) is 1.65. The summed E-state index contributed by atoms with van der Waals surface area (Å²) in [5, 5.41) is 0. The van der Waals surface area contributed by atoms with Gasteiger partial charge in [-0.3, -0.25) is 0 Å². The fraction of sp³-hybridized carbons (Fsp3) is 0.143. The Kier molecular flexibility index (Phi) is 5.44. The second-order valence-corrected chi connectivity index (χ2v) is 1.65. The molecule has 0 amide bonds. The summed E-state index contributed by atoms with van der Waals surface area (Å²) in [5.41, 5.74) is 1.32. The molecule has 0 spiro atoms. The molecule has 9 heavy (non-hydrogen) atoms. The molecular weight excluding hydrogens is 130 g/mol. The van der Waals surface area contributed by atoms with E-state index in [1.165, 1.54) is 5.56 Å². The lowest BCUT2D eigenvalue weighted by Gasteiger charge is -1.82. The molecule has 0 atom stereocenters. The first kappa shape index (κ1) is 8.57. The molecule has 0 bridgehead atoms. The highest BCUT2D eigenvalue weighted by Gasteiger charge is 1.72. The lowest BCUT2D eigenvalue weighted by molar-refractivity contribution is 1.48. The molecule has 0 aromatic heterocycles. The molecule has 0 heterocycles. The first-order chi connectivity index (χ1) is 4.39. The van der Waals surface area contributed by atoms with Gasteiger partial charge in [-0.1, -0.05) is 35.9 Å². The molecule has 0 aliphatic heterocycles. The Morgan fingerprint density at radius 3 is 1.78 bits per heavy atom. The van der Waals surface area contributed by atoms with Crippen LogP contribution in [0.25, 0.3) is 0 Å². The van der Waals surface area contributed by atoms with E-state index >= 15 is 0 Å². The molecule has 1 aromatic rings. The summed E-state index contributed by atoms with van der Waals surface area (Å²) in [6, 6.07) is 10.3. The van der Waals surface area contributed by atoms with Crippen LogP contribution in [-0.2, 0) is 0 Å². The maximum atomic E-state index is 4.14. The fourth-order valence-corrected chi connectivity index (χ4v) is 0.534. The number of hydrogen-bond acceptors (Lipinski definition) is 0. The van der Waals surface area contributed by atoms with Crippen molar-refractivity contribution in [1.82, 2.24) is 0 Å². The van der Waals surface area contributed by atoms with Crippen LogP contribution in [0.5, 0.6) is 0 Å². The molecule has 0 nitrogen and oxygen atoms in total. The van der Waals surface area contributed by atoms with Crippen LogP contribution < -0.4 is 0 Å². The minimum absolute atomic E-state index is 1.32. The van der Waals surface area contributed by atoms with Crippen LogP contribution in [0.3, 0.4) is 0 Å². The normalized spacial score (nSPS) is 7.33. The van der Waals surface area contributed by atoms with Gasteiger partial charge in [0.2, 0.25) is 7.26 Å². The highest BCUT2D eigenvalue weighted by Crippen LogP contribution is 1.92. The number of rotatable bonds is 0. The summed E-state index contributed by atoms with van der Waals surface area (Å²) in [4.78, 5) is 0. The highest BCUT2D eigenvalue weighted by molar-refractivity contribution is 6.80. The number of benzene rings is 1. The Balaban J connectivity index is 0.000000291. The van der Waals surface area contributed by atoms with E-state index in [-0.39, 0.29) is 0 Å². The number of hydrogen-bond donors (Lipinski definition) is 0. The van der Waals surface area contributed by atoms with Gasteiger partial charge in [0.15, 0.2) is 0 Å². The van der Waals surface area contributed by atoms with E-state index in [2.05, 4.69) is 37.8 Å². The Bertz CT molecular complexity index is 139. The minimum atomic E-state index is 1.32. The van der Waals surface area contributed by atoms with Crippen LogP contribution >= 0.6 is 11.5 Å². The van der Waals surface area contributed by atoms with Crippen molar-refractivity contribution in [3.8, 4) is 0 Å². The first-order valence-corrected chi connectivity index (χ1v) is 3.07. The molecule has 0 aliphatic carbocycles. The standard InChI is InChI=1S/C7H8.BCl/c1-7-5-3-2-4-6-7;1-2/h2-6H,1H3;. The maximum Gasteiger partial charge on any atom is 0.214 e. The van der Waals surface area contributed by atoms with Crippen molar-refractivity contribution >= 4 is 18.7 Å². The largest absolute Gasteiger partial charge is 0.214 e. The average Bonchev–Trinajstić information content (AvgIpc) is 1.94. The zero-order chi connectivity index (χ0) is 7.11. The van der Waals surface area contributed by atoms with Crippen LogP contribution in [0, 0.1) is 6.92 Å². The van der Waals surface area contributed by atoms with Gasteiger partial charge < -0.3 is 0 Å². The van der Waals surface area contributed by atoms with E-state index in [0.717, 1.165) is 0 Å². The number of halogens is 1. The highest BCUT2D eigenvalue weighted by atomic mass is 35.5. The number of aryl methyl sites for hydroxylation is 1. The van der Waals surface area contributed by atoms with Gasteiger partial charge >= 0.3 is 0 Å². The SMILES string of the molecule is Cc1ccccc1.[B]Cl. The van der Waals surface area contributed by atoms with E-state index in [1.807, 2.05) is 18.2 Å². The Morgan fingerprint density at radius 1 is 1.11 bits per heavy atom. The van der Waals surface area contributed by atoms with Crippen LogP contribution in [0.15, 0.2) is 30.3 Å². The Morgan fingerprint density at radius 2 is 1.56 bits per heavy atom. The topological polar surface area (TPSA) is 0 Å². The Labute approximate surface area is 62.2 Å². The monoisotopic (exact) mass is 138 g/mol. The van der Waals surface area contributed by atoms with Crippen molar-refractivity contribution < 1.29 is 0 Å². The van der Waals surface area contributed by atoms with Crippen LogP contribution in [0.2, 0.25) is 0 Å². The molecule has 0 aliphatic rings. The predicted octanol–water partition coefficient (Wildman–Crippen LogP) is 2.30. The molecule has 2 radical (unpaired) electrons. The summed E-state index contributed by atoms with van der Waals surface area (Å²) in [5.74, 6) is 0. The van der Waals surface area contributed by atoms with Crippen molar-refractivity contribution in [2.24, 2.45) is 0 Å². The van der Waals surface area contributed by atoms with Crippen LogP contribution in [0.1, 0.15) is 5.56 Å². The summed E-state index contributed by atoms with van der Waals surface area (Å²) in [6.07, 6.45) is 0. The first-order valence-electron chi connectivity index (χ1n) is 2.63. The molecule has 0 N–H and O–H groups in total. The quantitative estimate of drug-likeness (QED) is 0.483. The third kappa shape index (κ3) is 4.10. The third-order valence-corrected chi connectivity index (χ3v) is 0.940. The smallest absolute Gasteiger partial charge is 0.214 e. The van der Waals surface area contributed by atoms with Crippen molar-refractivity contribution in [3.05, 3.63) is 35.9 Å². The van der Waals surface area contributed by atoms with E-state index in [4.69, 9.17) is 0 Å². The molecule has 0 saturated carbocycles. The van der Waals surface area contributed by atoms with Gasteiger partial charge in [-0.15, -0.1) is 0 Å². The van der Waals surface area contributed by atoms with Crippen LogP contribution in [-0.4, -0.2) is 7.26 Å². The molecular formula is C7H8BCl. The summed E-state index contributed by atoms with van der Waals surface area (Å²) in [6.45, 7) is 2.08. The van der Waals surface area contributed by atoms with Gasteiger partial charge in [0.05, 0.1) is 0 Å².